The van der Waals surface area contributed by atoms with Crippen LogP contribution in [-0.4, -0.2) is 32.2 Å². The molecule has 0 unspecified atom stereocenters. The number of nitrogens with zero attached hydrogens (tertiary/aromatic N) is 1. The molecule has 1 heteroatoms. The summed E-state index contributed by atoms with van der Waals surface area (Å²) >= 11 is 0. The van der Waals surface area contributed by atoms with Crippen LogP contribution in [0.15, 0.2) is 0 Å². The van der Waals surface area contributed by atoms with Gasteiger partial charge in [0.2, 0.25) is 0 Å². The highest BCUT2D eigenvalue weighted by Crippen LogP contribution is 2.02. The summed E-state index contributed by atoms with van der Waals surface area (Å²) in [5, 5.41) is 0. The number of hydrogen-bond acceptors (Lipinski definition) is 0. The zero-order chi connectivity index (χ0) is 7.49. The van der Waals surface area contributed by atoms with Crippen molar-refractivity contribution in [3.8, 4) is 0 Å². The average Bonchev–Trinajstić information content (AvgIpc) is 1.59. The van der Waals surface area contributed by atoms with Crippen LogP contribution in [0.2, 0.25) is 0 Å². The second-order valence-corrected chi connectivity index (χ2v) is 4.20. The van der Waals surface area contributed by atoms with Gasteiger partial charge in [0.05, 0.1) is 27.7 Å². The molecule has 0 N–H and O–H groups in total. The molecule has 0 aliphatic heterocycles. The molecule has 0 radical (unpaired) electrons. The molecule has 0 aromatic carbocycles. The molecular weight excluding hydrogens is 122 g/mol. The lowest BCUT2D eigenvalue weighted by Gasteiger charge is -2.24. The Hall–Kier alpha value is -0.0400. The molecule has 0 amide bonds. The van der Waals surface area contributed by atoms with Gasteiger partial charge in [0.15, 0.2) is 0 Å². The van der Waals surface area contributed by atoms with Crippen molar-refractivity contribution in [1.82, 2.24) is 0 Å². The first-order valence-electron chi connectivity index (χ1n) is 3.72. The SMILES string of the molecule is C.CC(C)CC[N+](C)(C)C. The molecule has 0 atom stereocenters. The van der Waals surface area contributed by atoms with Crippen LogP contribution < -0.4 is 0 Å². The fourth-order valence-corrected chi connectivity index (χ4v) is 0.645. The second-order valence-electron chi connectivity index (χ2n) is 4.20. The Kier molecular flexibility index (Phi) is 5.96. The first kappa shape index (κ1) is 12.6. The summed E-state index contributed by atoms with van der Waals surface area (Å²) in [5.41, 5.74) is 0. The van der Waals surface area contributed by atoms with Crippen molar-refractivity contribution < 1.29 is 4.48 Å². The predicted molar refractivity (Wildman–Crippen MR) is 49.1 cm³/mol. The maximum Gasteiger partial charge on any atom is 0.0782 e. The fourth-order valence-electron chi connectivity index (χ4n) is 0.645. The summed E-state index contributed by atoms with van der Waals surface area (Å²) in [4.78, 5) is 0. The van der Waals surface area contributed by atoms with Crippen LogP contribution in [0.3, 0.4) is 0 Å². The molecule has 0 heterocycles. The van der Waals surface area contributed by atoms with Crippen LogP contribution in [0.4, 0.5) is 0 Å². The van der Waals surface area contributed by atoms with E-state index in [0.29, 0.717) is 0 Å². The maximum absolute atomic E-state index is 2.27. The first-order valence-corrected chi connectivity index (χ1v) is 3.72. The zero-order valence-corrected chi connectivity index (χ0v) is 7.44. The number of hydrogen-bond donors (Lipinski definition) is 0. The van der Waals surface area contributed by atoms with E-state index in [1.54, 1.807) is 0 Å². The Morgan fingerprint density at radius 2 is 1.50 bits per heavy atom. The van der Waals surface area contributed by atoms with Gasteiger partial charge in [-0.2, -0.15) is 0 Å². The summed E-state index contributed by atoms with van der Waals surface area (Å²) < 4.78 is 1.10. The lowest BCUT2D eigenvalue weighted by Crippen LogP contribution is -2.35. The second kappa shape index (κ2) is 4.73. The molecule has 0 aromatic rings. The fraction of sp³-hybridized carbons (Fsp3) is 1.00. The third-order valence-corrected chi connectivity index (χ3v) is 1.38. The topological polar surface area (TPSA) is 0 Å². The smallest absolute Gasteiger partial charge is 0.0782 e. The lowest BCUT2D eigenvalue weighted by atomic mass is 10.1. The minimum atomic E-state index is 0. The van der Waals surface area contributed by atoms with Crippen LogP contribution in [-0.2, 0) is 0 Å². The highest BCUT2D eigenvalue weighted by Gasteiger charge is 2.06. The van der Waals surface area contributed by atoms with Crippen molar-refractivity contribution in [3.63, 3.8) is 0 Å². The van der Waals surface area contributed by atoms with Gasteiger partial charge in [-0.05, 0) is 12.3 Å². The Balaban J connectivity index is 0. The van der Waals surface area contributed by atoms with Gasteiger partial charge in [0.1, 0.15) is 0 Å². The minimum absolute atomic E-state index is 0. The van der Waals surface area contributed by atoms with Crippen molar-refractivity contribution in [2.24, 2.45) is 5.92 Å². The van der Waals surface area contributed by atoms with Gasteiger partial charge in [-0.1, -0.05) is 21.3 Å². The van der Waals surface area contributed by atoms with Gasteiger partial charge in [-0.15, -0.1) is 0 Å². The number of rotatable bonds is 3. The van der Waals surface area contributed by atoms with Crippen molar-refractivity contribution in [2.75, 3.05) is 27.7 Å². The normalized spacial score (nSPS) is 11.4. The van der Waals surface area contributed by atoms with Gasteiger partial charge in [0, 0.05) is 0 Å². The Morgan fingerprint density at radius 1 is 1.10 bits per heavy atom. The van der Waals surface area contributed by atoms with E-state index in [1.165, 1.54) is 13.0 Å². The third-order valence-electron chi connectivity index (χ3n) is 1.38. The molecule has 0 aliphatic carbocycles. The van der Waals surface area contributed by atoms with Crippen LogP contribution in [0.1, 0.15) is 27.7 Å². The molecular formula is C9H24N+. The van der Waals surface area contributed by atoms with E-state index in [4.69, 9.17) is 0 Å². The quantitative estimate of drug-likeness (QED) is 0.536. The van der Waals surface area contributed by atoms with E-state index in [1.807, 2.05) is 0 Å². The monoisotopic (exact) mass is 146 g/mol. The molecule has 0 bridgehead atoms. The van der Waals surface area contributed by atoms with E-state index in [0.717, 1.165) is 10.4 Å². The van der Waals surface area contributed by atoms with Gasteiger partial charge < -0.3 is 4.48 Å². The first-order chi connectivity index (χ1) is 3.92. The van der Waals surface area contributed by atoms with Crippen LogP contribution in [0, 0.1) is 5.92 Å². The van der Waals surface area contributed by atoms with Gasteiger partial charge >= 0.3 is 0 Å². The Morgan fingerprint density at radius 3 is 1.60 bits per heavy atom. The van der Waals surface area contributed by atoms with Crippen molar-refractivity contribution in [2.45, 2.75) is 27.7 Å². The lowest BCUT2D eigenvalue weighted by molar-refractivity contribution is -0.870. The van der Waals surface area contributed by atoms with Crippen molar-refractivity contribution >= 4 is 0 Å². The molecule has 10 heavy (non-hydrogen) atoms. The van der Waals surface area contributed by atoms with Crippen molar-refractivity contribution in [1.29, 1.82) is 0 Å². The molecule has 1 nitrogen and oxygen atoms in total. The largest absolute Gasteiger partial charge is 0.331 e. The van der Waals surface area contributed by atoms with Gasteiger partial charge in [-0.3, -0.25) is 0 Å². The van der Waals surface area contributed by atoms with E-state index in [9.17, 15) is 0 Å². The maximum atomic E-state index is 2.27. The summed E-state index contributed by atoms with van der Waals surface area (Å²) in [6, 6.07) is 0. The van der Waals surface area contributed by atoms with E-state index < -0.39 is 0 Å². The molecule has 0 rings (SSSR count). The van der Waals surface area contributed by atoms with Gasteiger partial charge in [-0.25, -0.2) is 0 Å². The van der Waals surface area contributed by atoms with Crippen LogP contribution in [0.25, 0.3) is 0 Å². The minimum Gasteiger partial charge on any atom is -0.331 e. The molecule has 0 aromatic heterocycles. The molecule has 0 saturated heterocycles. The van der Waals surface area contributed by atoms with Crippen LogP contribution >= 0.6 is 0 Å². The van der Waals surface area contributed by atoms with E-state index >= 15 is 0 Å². The summed E-state index contributed by atoms with van der Waals surface area (Å²) in [6.07, 6.45) is 1.34. The molecule has 0 fully saturated rings. The van der Waals surface area contributed by atoms with Crippen LogP contribution in [0.5, 0.6) is 0 Å². The standard InChI is InChI=1S/C8H20N.CH4/c1-8(2)6-7-9(3,4)5;/h8H,6-7H2,1-5H3;1H4/q+1;. The molecule has 64 valence electrons. The molecule has 0 saturated carbocycles. The Labute approximate surface area is 66.6 Å². The zero-order valence-electron chi connectivity index (χ0n) is 7.44. The summed E-state index contributed by atoms with van der Waals surface area (Å²) in [5.74, 6) is 0.849. The average molecular weight is 146 g/mol. The van der Waals surface area contributed by atoms with E-state index in [-0.39, 0.29) is 7.43 Å². The summed E-state index contributed by atoms with van der Waals surface area (Å²) in [7, 11) is 6.72. The van der Waals surface area contributed by atoms with E-state index in [2.05, 4.69) is 35.0 Å². The van der Waals surface area contributed by atoms with Gasteiger partial charge in [0.25, 0.3) is 0 Å². The predicted octanol–water partition coefficient (Wildman–Crippen LogP) is 2.37. The third kappa shape index (κ3) is 10.9. The highest BCUT2D eigenvalue weighted by atomic mass is 15.3. The Bertz CT molecular complexity index is 69.3. The molecule has 0 spiro atoms. The highest BCUT2D eigenvalue weighted by molar-refractivity contribution is 4.41. The summed E-state index contributed by atoms with van der Waals surface area (Å²) in [6.45, 7) is 5.84. The number of quaternary nitrogens is 1. The molecule has 0 aliphatic rings. The van der Waals surface area contributed by atoms with Crippen molar-refractivity contribution in [3.05, 3.63) is 0 Å².